The summed E-state index contributed by atoms with van der Waals surface area (Å²) in [5.74, 6) is 0.336. The van der Waals surface area contributed by atoms with Gasteiger partial charge in [0, 0.05) is 44.6 Å². The molecular formula is C18H25N3O2. The molecule has 0 bridgehead atoms. The fourth-order valence-corrected chi connectivity index (χ4v) is 3.63. The standard InChI is InChI=1S/C18H25N3O2/c19-16(14-6-2-1-3-7-14)12-18(23)20-10-4-8-15(13-20)21-11-5-9-17(21)22/h1-3,6-7,15-16H,4-5,8-13,19H2. The van der Waals surface area contributed by atoms with Gasteiger partial charge >= 0.3 is 0 Å². The molecule has 2 aliphatic rings. The van der Waals surface area contributed by atoms with Crippen LogP contribution in [-0.4, -0.2) is 47.3 Å². The third kappa shape index (κ3) is 3.72. The van der Waals surface area contributed by atoms with Crippen LogP contribution in [0.15, 0.2) is 30.3 Å². The zero-order valence-electron chi connectivity index (χ0n) is 13.5. The molecule has 5 heteroatoms. The van der Waals surface area contributed by atoms with Crippen LogP contribution in [0.4, 0.5) is 0 Å². The molecule has 5 nitrogen and oxygen atoms in total. The summed E-state index contributed by atoms with van der Waals surface area (Å²) >= 11 is 0. The Hall–Kier alpha value is -1.88. The molecule has 0 spiro atoms. The van der Waals surface area contributed by atoms with Crippen LogP contribution in [0.5, 0.6) is 0 Å². The van der Waals surface area contributed by atoms with Crippen molar-refractivity contribution in [3.63, 3.8) is 0 Å². The minimum Gasteiger partial charge on any atom is -0.341 e. The van der Waals surface area contributed by atoms with Gasteiger partial charge in [-0.3, -0.25) is 9.59 Å². The van der Waals surface area contributed by atoms with E-state index in [1.165, 1.54) is 0 Å². The van der Waals surface area contributed by atoms with Crippen molar-refractivity contribution < 1.29 is 9.59 Å². The molecule has 0 radical (unpaired) electrons. The van der Waals surface area contributed by atoms with E-state index in [1.54, 1.807) is 0 Å². The highest BCUT2D eigenvalue weighted by Gasteiger charge is 2.33. The van der Waals surface area contributed by atoms with Gasteiger partial charge in [0.25, 0.3) is 0 Å². The Bertz CT molecular complexity index is 561. The number of hydrogen-bond acceptors (Lipinski definition) is 3. The molecule has 2 atom stereocenters. The monoisotopic (exact) mass is 315 g/mol. The smallest absolute Gasteiger partial charge is 0.224 e. The highest BCUT2D eigenvalue weighted by Crippen LogP contribution is 2.23. The zero-order chi connectivity index (χ0) is 16.2. The van der Waals surface area contributed by atoms with Crippen molar-refractivity contribution >= 4 is 11.8 Å². The average Bonchev–Trinajstić information content (AvgIpc) is 3.02. The number of carbonyl (C=O) groups is 2. The van der Waals surface area contributed by atoms with Gasteiger partial charge in [-0.1, -0.05) is 30.3 Å². The highest BCUT2D eigenvalue weighted by molar-refractivity contribution is 5.79. The van der Waals surface area contributed by atoms with Gasteiger partial charge in [0.05, 0.1) is 0 Å². The van der Waals surface area contributed by atoms with Crippen LogP contribution in [0.3, 0.4) is 0 Å². The van der Waals surface area contributed by atoms with E-state index >= 15 is 0 Å². The molecule has 0 aromatic heterocycles. The van der Waals surface area contributed by atoms with Crippen LogP contribution in [-0.2, 0) is 9.59 Å². The maximum Gasteiger partial charge on any atom is 0.224 e. The first-order chi connectivity index (χ1) is 11.1. The third-order valence-corrected chi connectivity index (χ3v) is 4.92. The van der Waals surface area contributed by atoms with Crippen molar-refractivity contribution in [1.82, 2.24) is 9.80 Å². The molecule has 2 aliphatic heterocycles. The Labute approximate surface area is 137 Å². The number of piperidine rings is 1. The number of nitrogens with two attached hydrogens (primary N) is 1. The van der Waals surface area contributed by atoms with Gasteiger partial charge in [0.15, 0.2) is 0 Å². The fraction of sp³-hybridized carbons (Fsp3) is 0.556. The van der Waals surface area contributed by atoms with Crippen LogP contribution >= 0.6 is 0 Å². The molecule has 0 aliphatic carbocycles. The Morgan fingerprint density at radius 2 is 2.00 bits per heavy atom. The van der Waals surface area contributed by atoms with E-state index in [0.717, 1.165) is 37.9 Å². The van der Waals surface area contributed by atoms with E-state index < -0.39 is 0 Å². The molecule has 2 amide bonds. The molecule has 3 rings (SSSR count). The summed E-state index contributed by atoms with van der Waals surface area (Å²) in [6.07, 6.45) is 3.89. The van der Waals surface area contributed by atoms with Crippen LogP contribution in [0.1, 0.15) is 43.7 Å². The lowest BCUT2D eigenvalue weighted by molar-refractivity contribution is -0.137. The van der Waals surface area contributed by atoms with Crippen LogP contribution < -0.4 is 5.73 Å². The summed E-state index contributed by atoms with van der Waals surface area (Å²) in [5.41, 5.74) is 7.16. The van der Waals surface area contributed by atoms with E-state index in [4.69, 9.17) is 5.73 Å². The summed E-state index contributed by atoms with van der Waals surface area (Å²) < 4.78 is 0. The van der Waals surface area contributed by atoms with Gasteiger partial charge in [0.2, 0.25) is 11.8 Å². The maximum absolute atomic E-state index is 12.6. The molecule has 124 valence electrons. The molecule has 0 saturated carbocycles. The number of nitrogens with zero attached hydrogens (tertiary/aromatic N) is 2. The molecule has 1 aromatic carbocycles. The summed E-state index contributed by atoms with van der Waals surface area (Å²) in [7, 11) is 0. The fourth-order valence-electron chi connectivity index (χ4n) is 3.63. The van der Waals surface area contributed by atoms with Crippen molar-refractivity contribution in [2.24, 2.45) is 5.73 Å². The number of carbonyl (C=O) groups excluding carboxylic acids is 2. The summed E-state index contributed by atoms with van der Waals surface area (Å²) in [6.45, 7) is 2.28. The Kier molecular flexibility index (Phi) is 4.96. The lowest BCUT2D eigenvalue weighted by atomic mass is 10.0. The van der Waals surface area contributed by atoms with Crippen LogP contribution in [0, 0.1) is 0 Å². The van der Waals surface area contributed by atoms with Crippen molar-refractivity contribution in [1.29, 1.82) is 0 Å². The van der Waals surface area contributed by atoms with Crippen molar-refractivity contribution in [2.45, 2.75) is 44.2 Å². The van der Waals surface area contributed by atoms with Crippen LogP contribution in [0.2, 0.25) is 0 Å². The summed E-state index contributed by atoms with van der Waals surface area (Å²) in [5, 5.41) is 0. The predicted molar refractivity (Wildman–Crippen MR) is 88.5 cm³/mol. The minimum atomic E-state index is -0.266. The van der Waals surface area contributed by atoms with Crippen molar-refractivity contribution in [2.75, 3.05) is 19.6 Å². The second-order valence-corrected chi connectivity index (χ2v) is 6.55. The number of likely N-dealkylation sites (tertiary alicyclic amines) is 2. The van der Waals surface area contributed by atoms with Crippen LogP contribution in [0.25, 0.3) is 0 Å². The van der Waals surface area contributed by atoms with Gasteiger partial charge < -0.3 is 15.5 Å². The maximum atomic E-state index is 12.6. The minimum absolute atomic E-state index is 0.0951. The third-order valence-electron chi connectivity index (χ3n) is 4.92. The number of benzene rings is 1. The topological polar surface area (TPSA) is 66.6 Å². The average molecular weight is 315 g/mol. The van der Waals surface area contributed by atoms with E-state index in [0.29, 0.717) is 19.4 Å². The van der Waals surface area contributed by atoms with Gasteiger partial charge in [-0.2, -0.15) is 0 Å². The predicted octanol–water partition coefficient (Wildman–Crippen LogP) is 1.69. The second-order valence-electron chi connectivity index (χ2n) is 6.55. The summed E-state index contributed by atoms with van der Waals surface area (Å²) in [6, 6.07) is 9.67. The highest BCUT2D eigenvalue weighted by atomic mass is 16.2. The lowest BCUT2D eigenvalue weighted by Crippen LogP contribution is -2.50. The molecule has 23 heavy (non-hydrogen) atoms. The molecule has 2 N–H and O–H groups in total. The van der Waals surface area contributed by atoms with E-state index in [9.17, 15) is 9.59 Å². The Balaban J connectivity index is 1.57. The van der Waals surface area contributed by atoms with E-state index in [1.807, 2.05) is 40.1 Å². The normalized spacial score (nSPS) is 23.2. The molecule has 2 unspecified atom stereocenters. The number of amides is 2. The Morgan fingerprint density at radius 1 is 1.22 bits per heavy atom. The van der Waals surface area contributed by atoms with Gasteiger partial charge in [0.1, 0.15) is 0 Å². The largest absolute Gasteiger partial charge is 0.341 e. The molecule has 2 fully saturated rings. The van der Waals surface area contributed by atoms with E-state index in [-0.39, 0.29) is 23.9 Å². The first kappa shape index (κ1) is 16.0. The molecular weight excluding hydrogens is 290 g/mol. The first-order valence-corrected chi connectivity index (χ1v) is 8.53. The molecule has 2 heterocycles. The Morgan fingerprint density at radius 3 is 2.70 bits per heavy atom. The number of hydrogen-bond donors (Lipinski definition) is 1. The first-order valence-electron chi connectivity index (χ1n) is 8.53. The van der Waals surface area contributed by atoms with Gasteiger partial charge in [-0.25, -0.2) is 0 Å². The van der Waals surface area contributed by atoms with Gasteiger partial charge in [-0.05, 0) is 24.8 Å². The SMILES string of the molecule is NC(CC(=O)N1CCCC(N2CCCC2=O)C1)c1ccccc1. The molecule has 1 aromatic rings. The second kappa shape index (κ2) is 7.13. The van der Waals surface area contributed by atoms with Gasteiger partial charge in [-0.15, -0.1) is 0 Å². The summed E-state index contributed by atoms with van der Waals surface area (Å²) in [4.78, 5) is 28.3. The van der Waals surface area contributed by atoms with Crippen molar-refractivity contribution in [3.05, 3.63) is 35.9 Å². The zero-order valence-corrected chi connectivity index (χ0v) is 13.5. The molecule has 2 saturated heterocycles. The van der Waals surface area contributed by atoms with Crippen molar-refractivity contribution in [3.8, 4) is 0 Å². The lowest BCUT2D eigenvalue weighted by Gasteiger charge is -2.38. The van der Waals surface area contributed by atoms with E-state index in [2.05, 4.69) is 0 Å². The number of rotatable bonds is 4. The quantitative estimate of drug-likeness (QED) is 0.919.